The Bertz CT molecular complexity index is 2730. The van der Waals surface area contributed by atoms with Crippen LogP contribution in [0.25, 0.3) is 22.3 Å². The molecule has 0 saturated carbocycles. The van der Waals surface area contributed by atoms with Gasteiger partial charge in [0.1, 0.15) is 0 Å². The van der Waals surface area contributed by atoms with Crippen LogP contribution in [0.3, 0.4) is 0 Å². The van der Waals surface area contributed by atoms with Crippen molar-refractivity contribution in [2.24, 2.45) is 0 Å². The van der Waals surface area contributed by atoms with E-state index in [-0.39, 0.29) is 20.4 Å². The van der Waals surface area contributed by atoms with Gasteiger partial charge in [0.15, 0.2) is 0 Å². The van der Waals surface area contributed by atoms with Crippen molar-refractivity contribution in [1.82, 2.24) is 15.0 Å². The Hall–Kier alpha value is -6.73. The summed E-state index contributed by atoms with van der Waals surface area (Å²) in [6, 6.07) is 53.3. The molecule has 7 nitrogen and oxygen atoms in total. The monoisotopic (exact) mass is 820 g/mol. The zero-order valence-electron chi connectivity index (χ0n) is 32.5. The molecule has 0 fully saturated rings. The van der Waals surface area contributed by atoms with E-state index in [9.17, 15) is 0 Å². The number of anilines is 7. The Morgan fingerprint density at radius 2 is 1.28 bits per heavy atom. The van der Waals surface area contributed by atoms with Gasteiger partial charge in [0, 0.05) is 0 Å². The fourth-order valence-corrected chi connectivity index (χ4v) is 9.79. The predicted octanol–water partition coefficient (Wildman–Crippen LogP) is 11.0. The van der Waals surface area contributed by atoms with Gasteiger partial charge in [0.05, 0.1) is 0 Å². The fraction of sp³-hybridized carbons (Fsp3) is 0.100. The van der Waals surface area contributed by atoms with Crippen molar-refractivity contribution < 1.29 is 4.74 Å². The molecular formula is C50H40N6OSe. The van der Waals surface area contributed by atoms with Gasteiger partial charge in [0.25, 0.3) is 0 Å². The quantitative estimate of drug-likeness (QED) is 0.148. The first-order chi connectivity index (χ1) is 28.4. The molecule has 8 heteroatoms. The normalized spacial score (nSPS) is 13.2. The van der Waals surface area contributed by atoms with E-state index in [2.05, 4.69) is 180 Å². The van der Waals surface area contributed by atoms with Crippen molar-refractivity contribution in [3.8, 4) is 33.8 Å². The third kappa shape index (κ3) is 6.76. The molecule has 0 amide bonds. The molecule has 2 aliphatic rings. The van der Waals surface area contributed by atoms with Crippen molar-refractivity contribution in [1.29, 1.82) is 0 Å². The van der Waals surface area contributed by atoms with E-state index in [4.69, 9.17) is 14.7 Å². The number of ether oxygens (including phenoxy) is 1. The van der Waals surface area contributed by atoms with E-state index >= 15 is 0 Å². The second kappa shape index (κ2) is 14.6. The van der Waals surface area contributed by atoms with Crippen molar-refractivity contribution in [2.75, 3.05) is 21.4 Å². The fourth-order valence-electron chi connectivity index (χ4n) is 7.68. The van der Waals surface area contributed by atoms with Gasteiger partial charge < -0.3 is 0 Å². The molecule has 5 aromatic carbocycles. The summed E-state index contributed by atoms with van der Waals surface area (Å²) in [7, 11) is 0. The Labute approximate surface area is 345 Å². The SMILES string of the molecule is CC(C)(C)c1ccnc(N2c3cnccc3[Se]c3ccc(Oc4cccc(N5CN(c6cc(-c7ccccc7)cc(-c7ccccc7)c6)c6cccnc65)c4)cc32)c1. The first kappa shape index (κ1) is 35.7. The average Bonchev–Trinajstić information content (AvgIpc) is 3.66. The molecule has 8 aromatic rings. The van der Waals surface area contributed by atoms with Gasteiger partial charge in [0.2, 0.25) is 0 Å². The number of aromatic nitrogens is 3. The number of pyridine rings is 3. The van der Waals surface area contributed by atoms with Crippen molar-refractivity contribution in [2.45, 2.75) is 26.2 Å². The third-order valence-electron chi connectivity index (χ3n) is 10.6. The van der Waals surface area contributed by atoms with Gasteiger partial charge in [-0.2, -0.15) is 0 Å². The van der Waals surface area contributed by atoms with E-state index in [0.29, 0.717) is 6.67 Å². The molecule has 58 heavy (non-hydrogen) atoms. The summed E-state index contributed by atoms with van der Waals surface area (Å²) in [6.45, 7) is 7.28. The van der Waals surface area contributed by atoms with Crippen LogP contribution in [0.2, 0.25) is 0 Å². The molecule has 0 unspecified atom stereocenters. The molecular weight excluding hydrogens is 780 g/mol. The van der Waals surface area contributed by atoms with E-state index in [0.717, 1.165) is 51.6 Å². The molecule has 0 radical (unpaired) electrons. The second-order valence-electron chi connectivity index (χ2n) is 15.5. The van der Waals surface area contributed by atoms with Crippen LogP contribution in [0.15, 0.2) is 176 Å². The summed E-state index contributed by atoms with van der Waals surface area (Å²) >= 11 is 0.106. The number of hydrogen-bond donors (Lipinski definition) is 0. The summed E-state index contributed by atoms with van der Waals surface area (Å²) in [5, 5.41) is 0. The molecule has 282 valence electrons. The van der Waals surface area contributed by atoms with Crippen LogP contribution in [-0.2, 0) is 5.41 Å². The number of benzene rings is 5. The van der Waals surface area contributed by atoms with Gasteiger partial charge >= 0.3 is 240 Å². The van der Waals surface area contributed by atoms with Gasteiger partial charge in [-0.25, -0.2) is 0 Å². The van der Waals surface area contributed by atoms with Crippen LogP contribution in [0.5, 0.6) is 11.5 Å². The molecule has 3 aromatic heterocycles. The Morgan fingerprint density at radius 1 is 0.534 bits per heavy atom. The molecule has 2 aliphatic heterocycles. The molecule has 5 heterocycles. The van der Waals surface area contributed by atoms with Crippen LogP contribution in [0.4, 0.5) is 40.1 Å². The molecule has 0 aliphatic carbocycles. The maximum atomic E-state index is 6.71. The average molecular weight is 820 g/mol. The third-order valence-corrected chi connectivity index (χ3v) is 13.0. The first-order valence-electron chi connectivity index (χ1n) is 19.4. The summed E-state index contributed by atoms with van der Waals surface area (Å²) in [6.07, 6.45) is 7.61. The Balaban J connectivity index is 0.983. The van der Waals surface area contributed by atoms with E-state index in [1.165, 1.54) is 36.7 Å². The van der Waals surface area contributed by atoms with Crippen LogP contribution in [0.1, 0.15) is 26.3 Å². The topological polar surface area (TPSA) is 57.6 Å². The minimum absolute atomic E-state index is 0.0201. The Kier molecular flexibility index (Phi) is 9.01. The summed E-state index contributed by atoms with van der Waals surface area (Å²) < 4.78 is 9.25. The molecule has 0 bridgehead atoms. The summed E-state index contributed by atoms with van der Waals surface area (Å²) in [5.41, 5.74) is 11.2. The van der Waals surface area contributed by atoms with Gasteiger partial charge in [-0.1, -0.05) is 60.7 Å². The van der Waals surface area contributed by atoms with Crippen molar-refractivity contribution >= 4 is 64.0 Å². The van der Waals surface area contributed by atoms with Crippen LogP contribution >= 0.6 is 0 Å². The van der Waals surface area contributed by atoms with E-state index < -0.39 is 0 Å². The van der Waals surface area contributed by atoms with E-state index in [1.54, 1.807) is 0 Å². The number of nitrogens with zero attached hydrogens (tertiary/aromatic N) is 6. The molecule has 0 saturated heterocycles. The summed E-state index contributed by atoms with van der Waals surface area (Å²) in [4.78, 5) is 21.2. The van der Waals surface area contributed by atoms with Crippen LogP contribution in [0, 0.1) is 0 Å². The standard InChI is InChI=1S/C50H40N6OSe/c1-50(2,3)38-21-25-52-48(29-38)56-44-31-42(19-20-46(44)58-47-22-24-51-32-45(47)56)57-41-17-10-16-39(30-41)55-33-54(43-18-11-23-53-49(43)55)40-27-36(34-12-6-4-7-13-34)26-37(28-40)35-14-8-5-9-15-35/h4-32H,33H2,1-3H3. The van der Waals surface area contributed by atoms with Gasteiger partial charge in [-0.05, 0) is 46.5 Å². The van der Waals surface area contributed by atoms with Gasteiger partial charge in [-0.15, -0.1) is 0 Å². The second-order valence-corrected chi connectivity index (χ2v) is 17.8. The summed E-state index contributed by atoms with van der Waals surface area (Å²) in [5.74, 6) is 3.26. The van der Waals surface area contributed by atoms with Crippen LogP contribution < -0.4 is 28.4 Å². The molecule has 0 N–H and O–H groups in total. The number of fused-ring (bicyclic) bond motifs is 3. The van der Waals surface area contributed by atoms with Crippen LogP contribution in [-0.4, -0.2) is 36.6 Å². The molecule has 0 spiro atoms. The maximum absolute atomic E-state index is 6.71. The molecule has 0 atom stereocenters. The first-order valence-corrected chi connectivity index (χ1v) is 21.1. The van der Waals surface area contributed by atoms with Crippen molar-refractivity contribution in [3.05, 3.63) is 182 Å². The molecule has 10 rings (SSSR count). The van der Waals surface area contributed by atoms with Crippen molar-refractivity contribution in [3.63, 3.8) is 0 Å². The minimum atomic E-state index is -0.0201. The van der Waals surface area contributed by atoms with Gasteiger partial charge in [-0.3, -0.25) is 0 Å². The Morgan fingerprint density at radius 3 is 2.03 bits per heavy atom. The number of rotatable bonds is 7. The van der Waals surface area contributed by atoms with E-state index in [1.807, 2.05) is 36.9 Å². The zero-order chi connectivity index (χ0) is 39.2. The zero-order valence-corrected chi connectivity index (χ0v) is 34.2. The number of hydrogen-bond acceptors (Lipinski definition) is 7. The predicted molar refractivity (Wildman–Crippen MR) is 238 cm³/mol.